The molecule has 0 bridgehead atoms. The number of aromatic nitrogens is 2. The van der Waals surface area contributed by atoms with E-state index in [1.165, 1.54) is 43.6 Å². The van der Waals surface area contributed by atoms with Crippen molar-refractivity contribution in [2.45, 2.75) is 6.92 Å². The van der Waals surface area contributed by atoms with E-state index in [1.54, 1.807) is 0 Å². The first-order valence-corrected chi connectivity index (χ1v) is 13.8. The van der Waals surface area contributed by atoms with Crippen molar-refractivity contribution in [2.24, 2.45) is 0 Å². The molecule has 0 spiro atoms. The lowest BCUT2D eigenvalue weighted by Gasteiger charge is -2.11. The summed E-state index contributed by atoms with van der Waals surface area (Å²) in [6.07, 6.45) is 0. The summed E-state index contributed by atoms with van der Waals surface area (Å²) in [6, 6.07) is 49.6. The maximum absolute atomic E-state index is 9.73. The Labute approximate surface area is 237 Å². The van der Waals surface area contributed by atoms with Gasteiger partial charge < -0.3 is 9.13 Å². The van der Waals surface area contributed by atoms with Crippen molar-refractivity contribution < 1.29 is 0 Å². The molecule has 0 unspecified atom stereocenters. The molecule has 2 heterocycles. The fourth-order valence-corrected chi connectivity index (χ4v) is 6.36. The minimum Gasteiger partial charge on any atom is -0.309 e. The van der Waals surface area contributed by atoms with Gasteiger partial charge in [-0.2, -0.15) is 5.26 Å². The van der Waals surface area contributed by atoms with Crippen LogP contribution in [-0.2, 0) is 0 Å². The summed E-state index contributed by atoms with van der Waals surface area (Å²) in [4.78, 5) is 0. The van der Waals surface area contributed by atoms with E-state index in [4.69, 9.17) is 0 Å². The molecule has 2 aromatic heterocycles. The van der Waals surface area contributed by atoms with Crippen molar-refractivity contribution in [3.05, 3.63) is 145 Å². The first kappa shape index (κ1) is 23.3. The summed E-state index contributed by atoms with van der Waals surface area (Å²) < 4.78 is 4.73. The van der Waals surface area contributed by atoms with Crippen LogP contribution in [0, 0.1) is 18.3 Å². The van der Waals surface area contributed by atoms with E-state index in [1.807, 2.05) is 19.1 Å². The van der Waals surface area contributed by atoms with E-state index in [0.29, 0.717) is 5.56 Å². The number of hydrogen-bond acceptors (Lipinski definition) is 1. The number of aryl methyl sites for hydroxylation is 1. The molecule has 6 aromatic carbocycles. The third-order valence-corrected chi connectivity index (χ3v) is 8.21. The minimum absolute atomic E-state index is 0.700. The van der Waals surface area contributed by atoms with Crippen LogP contribution in [0.3, 0.4) is 0 Å². The SMILES string of the molecule is Cc1ccc(-c2ccc(-n3c4ccccc4c4cc5c6ccccc6n(-c6ccccc6)c5cc43)cc2)c(C#N)c1. The average Bonchev–Trinajstić information content (AvgIpc) is 3.52. The van der Waals surface area contributed by atoms with Crippen molar-refractivity contribution in [3.63, 3.8) is 0 Å². The smallest absolute Gasteiger partial charge is 0.0998 e. The number of nitriles is 1. The Balaban J connectivity index is 1.41. The Hall–Kier alpha value is -5.59. The van der Waals surface area contributed by atoms with Gasteiger partial charge in [0.25, 0.3) is 0 Å². The number of nitrogens with zero attached hydrogens (tertiary/aromatic N) is 3. The number of rotatable bonds is 3. The predicted molar refractivity (Wildman–Crippen MR) is 170 cm³/mol. The van der Waals surface area contributed by atoms with Crippen LogP contribution in [0.1, 0.15) is 11.1 Å². The van der Waals surface area contributed by atoms with E-state index in [2.05, 4.69) is 137 Å². The highest BCUT2D eigenvalue weighted by Gasteiger charge is 2.18. The topological polar surface area (TPSA) is 33.6 Å². The van der Waals surface area contributed by atoms with Gasteiger partial charge in [0.05, 0.1) is 33.7 Å². The molecular weight excluding hydrogens is 498 g/mol. The highest BCUT2D eigenvalue weighted by molar-refractivity contribution is 6.19. The Bertz CT molecular complexity index is 2310. The Morgan fingerprint density at radius 2 is 1.05 bits per heavy atom. The second-order valence-electron chi connectivity index (χ2n) is 10.6. The molecule has 8 rings (SSSR count). The lowest BCUT2D eigenvalue weighted by Crippen LogP contribution is -1.96. The van der Waals surface area contributed by atoms with Crippen LogP contribution >= 0.6 is 0 Å². The highest BCUT2D eigenvalue weighted by atomic mass is 15.0. The van der Waals surface area contributed by atoms with Gasteiger partial charge in [-0.05, 0) is 78.2 Å². The molecule has 0 amide bonds. The third kappa shape index (κ3) is 3.51. The maximum Gasteiger partial charge on any atom is 0.0998 e. The molecule has 0 saturated carbocycles. The molecule has 192 valence electrons. The second-order valence-corrected chi connectivity index (χ2v) is 10.6. The third-order valence-electron chi connectivity index (χ3n) is 8.21. The van der Waals surface area contributed by atoms with Gasteiger partial charge in [-0.3, -0.25) is 0 Å². The van der Waals surface area contributed by atoms with Gasteiger partial charge in [0.15, 0.2) is 0 Å². The largest absolute Gasteiger partial charge is 0.309 e. The van der Waals surface area contributed by atoms with Crippen molar-refractivity contribution in [1.82, 2.24) is 9.13 Å². The number of fused-ring (bicyclic) bond motifs is 6. The molecule has 0 aliphatic carbocycles. The second kappa shape index (κ2) is 8.98. The molecule has 41 heavy (non-hydrogen) atoms. The molecule has 3 heteroatoms. The summed E-state index contributed by atoms with van der Waals surface area (Å²) in [5, 5.41) is 14.7. The molecule has 0 radical (unpaired) electrons. The molecule has 0 aliphatic rings. The number of hydrogen-bond donors (Lipinski definition) is 0. The Morgan fingerprint density at radius 1 is 0.488 bits per heavy atom. The van der Waals surface area contributed by atoms with Crippen LogP contribution in [0.5, 0.6) is 0 Å². The minimum atomic E-state index is 0.700. The van der Waals surface area contributed by atoms with Gasteiger partial charge >= 0.3 is 0 Å². The van der Waals surface area contributed by atoms with Crippen LogP contribution < -0.4 is 0 Å². The molecule has 8 aromatic rings. The summed E-state index contributed by atoms with van der Waals surface area (Å²) in [6.45, 7) is 2.02. The fraction of sp³-hybridized carbons (Fsp3) is 0.0263. The summed E-state index contributed by atoms with van der Waals surface area (Å²) in [7, 11) is 0. The van der Waals surface area contributed by atoms with E-state index in [9.17, 15) is 5.26 Å². The summed E-state index contributed by atoms with van der Waals surface area (Å²) in [5.74, 6) is 0. The number of benzene rings is 6. The van der Waals surface area contributed by atoms with Gasteiger partial charge in [-0.25, -0.2) is 0 Å². The average molecular weight is 524 g/mol. The van der Waals surface area contributed by atoms with Gasteiger partial charge in [0.1, 0.15) is 0 Å². The van der Waals surface area contributed by atoms with E-state index in [-0.39, 0.29) is 0 Å². The number of para-hydroxylation sites is 3. The molecule has 3 nitrogen and oxygen atoms in total. The quantitative estimate of drug-likeness (QED) is 0.227. The molecule has 0 N–H and O–H groups in total. The van der Waals surface area contributed by atoms with Crippen LogP contribution in [0.4, 0.5) is 0 Å². The Morgan fingerprint density at radius 3 is 1.66 bits per heavy atom. The van der Waals surface area contributed by atoms with Crippen LogP contribution in [0.25, 0.3) is 66.1 Å². The molecule has 0 saturated heterocycles. The van der Waals surface area contributed by atoms with Crippen molar-refractivity contribution >= 4 is 43.6 Å². The van der Waals surface area contributed by atoms with Gasteiger partial charge in [0, 0.05) is 32.9 Å². The molecule has 0 atom stereocenters. The summed E-state index contributed by atoms with van der Waals surface area (Å²) in [5.41, 5.74) is 10.8. The zero-order chi connectivity index (χ0) is 27.5. The van der Waals surface area contributed by atoms with Crippen LogP contribution in [0.15, 0.2) is 133 Å². The van der Waals surface area contributed by atoms with Crippen LogP contribution in [0.2, 0.25) is 0 Å². The fourth-order valence-electron chi connectivity index (χ4n) is 6.36. The van der Waals surface area contributed by atoms with Gasteiger partial charge in [0.2, 0.25) is 0 Å². The van der Waals surface area contributed by atoms with E-state index >= 15 is 0 Å². The van der Waals surface area contributed by atoms with Crippen molar-refractivity contribution in [1.29, 1.82) is 5.26 Å². The molecule has 0 fully saturated rings. The van der Waals surface area contributed by atoms with E-state index in [0.717, 1.165) is 28.1 Å². The van der Waals surface area contributed by atoms with Crippen LogP contribution in [-0.4, -0.2) is 9.13 Å². The first-order valence-electron chi connectivity index (χ1n) is 13.8. The first-order chi connectivity index (χ1) is 20.2. The predicted octanol–water partition coefficient (Wildman–Crippen LogP) is 9.73. The summed E-state index contributed by atoms with van der Waals surface area (Å²) >= 11 is 0. The monoisotopic (exact) mass is 523 g/mol. The van der Waals surface area contributed by atoms with Gasteiger partial charge in [-0.1, -0.05) is 78.9 Å². The van der Waals surface area contributed by atoms with Crippen molar-refractivity contribution in [3.8, 4) is 28.6 Å². The zero-order valence-electron chi connectivity index (χ0n) is 22.5. The van der Waals surface area contributed by atoms with Crippen molar-refractivity contribution in [2.75, 3.05) is 0 Å². The highest BCUT2D eigenvalue weighted by Crippen LogP contribution is 2.39. The molecule has 0 aliphatic heterocycles. The van der Waals surface area contributed by atoms with Gasteiger partial charge in [-0.15, -0.1) is 0 Å². The zero-order valence-corrected chi connectivity index (χ0v) is 22.5. The normalized spacial score (nSPS) is 11.5. The Kier molecular flexibility index (Phi) is 5.10. The maximum atomic E-state index is 9.73. The standard InChI is InChI=1S/C38H25N3/c1-25-15-20-30(27(21-25)24-39)26-16-18-29(19-17-26)41-36-14-8-6-12-32(36)34-22-33-31-11-5-7-13-35(31)40(37(33)23-38(34)41)28-9-3-2-4-10-28/h2-23H,1H3. The molecular formula is C38H25N3. The lowest BCUT2D eigenvalue weighted by molar-refractivity contribution is 1.16. The lowest BCUT2D eigenvalue weighted by atomic mass is 9.98. The van der Waals surface area contributed by atoms with E-state index < -0.39 is 0 Å².